The average molecular weight is 302 g/mol. The highest BCUT2D eigenvalue weighted by Crippen LogP contribution is 2.19. The van der Waals surface area contributed by atoms with Crippen molar-refractivity contribution in [2.45, 2.75) is 32.4 Å². The van der Waals surface area contributed by atoms with E-state index in [0.29, 0.717) is 5.76 Å². The van der Waals surface area contributed by atoms with Crippen LogP contribution in [0.15, 0.2) is 46.9 Å². The van der Waals surface area contributed by atoms with E-state index in [1.54, 1.807) is 6.92 Å². The number of hydrogen-bond acceptors (Lipinski definition) is 3. The molecule has 3 N–H and O–H groups in total. The second-order valence-corrected chi connectivity index (χ2v) is 5.64. The molecule has 5 heteroatoms. The van der Waals surface area contributed by atoms with Gasteiger partial charge in [-0.15, -0.1) is 0 Å². The molecule has 2 rings (SSSR count). The molecule has 2 amide bonds. The maximum absolute atomic E-state index is 11.9. The molecule has 1 heterocycles. The molecule has 1 aromatic heterocycles. The molecular formula is C17H22N2O3. The van der Waals surface area contributed by atoms with E-state index in [1.807, 2.05) is 56.3 Å². The Morgan fingerprint density at radius 1 is 1.27 bits per heavy atom. The monoisotopic (exact) mass is 302 g/mol. The van der Waals surface area contributed by atoms with E-state index in [0.717, 1.165) is 11.3 Å². The van der Waals surface area contributed by atoms with E-state index in [-0.39, 0.29) is 18.6 Å². The zero-order chi connectivity index (χ0) is 16.2. The fraction of sp³-hybridized carbons (Fsp3) is 0.353. The van der Waals surface area contributed by atoms with Gasteiger partial charge < -0.3 is 20.2 Å². The lowest BCUT2D eigenvalue weighted by atomic mass is 9.96. The van der Waals surface area contributed by atoms with E-state index in [1.165, 1.54) is 0 Å². The van der Waals surface area contributed by atoms with Crippen LogP contribution in [0.1, 0.15) is 37.0 Å². The SMILES string of the molecule is Cc1ccc(C(C)NC(=O)NCC(C)(O)c2ccccc2)o1. The van der Waals surface area contributed by atoms with Crippen molar-refractivity contribution in [1.29, 1.82) is 0 Å². The Kier molecular flexibility index (Phi) is 4.88. The number of amides is 2. The van der Waals surface area contributed by atoms with Crippen LogP contribution < -0.4 is 10.6 Å². The molecule has 0 spiro atoms. The van der Waals surface area contributed by atoms with E-state index >= 15 is 0 Å². The zero-order valence-corrected chi connectivity index (χ0v) is 13.1. The van der Waals surface area contributed by atoms with Crippen LogP contribution in [-0.4, -0.2) is 17.7 Å². The Balaban J connectivity index is 1.87. The molecule has 0 saturated carbocycles. The Morgan fingerprint density at radius 3 is 2.55 bits per heavy atom. The summed E-state index contributed by atoms with van der Waals surface area (Å²) in [7, 11) is 0. The minimum Gasteiger partial charge on any atom is -0.464 e. The molecule has 118 valence electrons. The average Bonchev–Trinajstić information content (AvgIpc) is 2.93. The van der Waals surface area contributed by atoms with Crippen LogP contribution >= 0.6 is 0 Å². The van der Waals surface area contributed by atoms with Gasteiger partial charge in [-0.25, -0.2) is 4.79 Å². The molecule has 0 saturated heterocycles. The van der Waals surface area contributed by atoms with Crippen molar-refractivity contribution in [1.82, 2.24) is 10.6 Å². The van der Waals surface area contributed by atoms with Gasteiger partial charge in [0.15, 0.2) is 0 Å². The summed E-state index contributed by atoms with van der Waals surface area (Å²) in [5.41, 5.74) is -0.367. The van der Waals surface area contributed by atoms with Gasteiger partial charge >= 0.3 is 6.03 Å². The predicted molar refractivity (Wildman–Crippen MR) is 84.4 cm³/mol. The maximum atomic E-state index is 11.9. The van der Waals surface area contributed by atoms with Gasteiger partial charge in [-0.1, -0.05) is 30.3 Å². The minimum absolute atomic E-state index is 0.118. The van der Waals surface area contributed by atoms with E-state index in [9.17, 15) is 9.90 Å². The second kappa shape index (κ2) is 6.66. The van der Waals surface area contributed by atoms with E-state index in [4.69, 9.17) is 4.42 Å². The molecule has 5 nitrogen and oxygen atoms in total. The highest BCUT2D eigenvalue weighted by Gasteiger charge is 2.24. The molecular weight excluding hydrogens is 280 g/mol. The summed E-state index contributed by atoms with van der Waals surface area (Å²) in [6.07, 6.45) is 0. The van der Waals surface area contributed by atoms with Crippen LogP contribution in [0.3, 0.4) is 0 Å². The first-order valence-electron chi connectivity index (χ1n) is 7.27. The maximum Gasteiger partial charge on any atom is 0.315 e. The second-order valence-electron chi connectivity index (χ2n) is 5.64. The quantitative estimate of drug-likeness (QED) is 0.795. The smallest absolute Gasteiger partial charge is 0.315 e. The summed E-state index contributed by atoms with van der Waals surface area (Å²) in [4.78, 5) is 11.9. The number of benzene rings is 1. The zero-order valence-electron chi connectivity index (χ0n) is 13.1. The largest absolute Gasteiger partial charge is 0.464 e. The third kappa shape index (κ3) is 4.11. The number of furan rings is 1. The Labute approximate surface area is 130 Å². The molecule has 1 aromatic carbocycles. The van der Waals surface area contributed by atoms with Crippen molar-refractivity contribution in [3.8, 4) is 0 Å². The van der Waals surface area contributed by atoms with Crippen molar-refractivity contribution >= 4 is 6.03 Å². The molecule has 0 bridgehead atoms. The van der Waals surface area contributed by atoms with Crippen LogP contribution in [0, 0.1) is 6.92 Å². The van der Waals surface area contributed by atoms with Gasteiger partial charge in [0.25, 0.3) is 0 Å². The van der Waals surface area contributed by atoms with Crippen molar-refractivity contribution in [2.75, 3.05) is 6.54 Å². The molecule has 0 aliphatic heterocycles. The van der Waals surface area contributed by atoms with Gasteiger partial charge in [0.2, 0.25) is 0 Å². The minimum atomic E-state index is -1.12. The van der Waals surface area contributed by atoms with Crippen molar-refractivity contribution in [3.63, 3.8) is 0 Å². The van der Waals surface area contributed by atoms with Gasteiger partial charge in [0.1, 0.15) is 17.1 Å². The summed E-state index contributed by atoms with van der Waals surface area (Å²) in [6, 6.07) is 12.3. The fourth-order valence-electron chi connectivity index (χ4n) is 2.16. The first-order valence-corrected chi connectivity index (χ1v) is 7.27. The van der Waals surface area contributed by atoms with Crippen LogP contribution in [0.25, 0.3) is 0 Å². The molecule has 2 atom stereocenters. The number of nitrogens with one attached hydrogen (secondary N) is 2. The van der Waals surface area contributed by atoms with Crippen LogP contribution in [0.5, 0.6) is 0 Å². The molecule has 22 heavy (non-hydrogen) atoms. The molecule has 0 aliphatic carbocycles. The summed E-state index contributed by atoms with van der Waals surface area (Å²) in [6.45, 7) is 5.48. The summed E-state index contributed by atoms with van der Waals surface area (Å²) < 4.78 is 5.47. The number of aliphatic hydroxyl groups is 1. The Hall–Kier alpha value is -2.27. The lowest BCUT2D eigenvalue weighted by Crippen LogP contribution is -2.44. The molecule has 0 aliphatic rings. The lowest BCUT2D eigenvalue weighted by Gasteiger charge is -2.24. The highest BCUT2D eigenvalue weighted by atomic mass is 16.3. The van der Waals surface area contributed by atoms with Crippen LogP contribution in [-0.2, 0) is 5.60 Å². The van der Waals surface area contributed by atoms with Gasteiger partial charge in [-0.3, -0.25) is 0 Å². The number of hydrogen-bond donors (Lipinski definition) is 3. The first kappa shape index (κ1) is 16.1. The van der Waals surface area contributed by atoms with Crippen LogP contribution in [0.4, 0.5) is 4.79 Å². The lowest BCUT2D eigenvalue weighted by molar-refractivity contribution is 0.0592. The summed E-state index contributed by atoms with van der Waals surface area (Å²) in [5.74, 6) is 1.50. The normalized spacial score (nSPS) is 14.9. The number of aryl methyl sites for hydroxylation is 1. The fourth-order valence-corrected chi connectivity index (χ4v) is 2.16. The molecule has 2 unspecified atom stereocenters. The molecule has 0 radical (unpaired) electrons. The van der Waals surface area contributed by atoms with Crippen molar-refractivity contribution in [3.05, 3.63) is 59.5 Å². The van der Waals surface area contributed by atoms with Gasteiger partial charge in [-0.2, -0.15) is 0 Å². The van der Waals surface area contributed by atoms with E-state index < -0.39 is 5.60 Å². The van der Waals surface area contributed by atoms with Gasteiger partial charge in [0.05, 0.1) is 12.6 Å². The molecule has 0 fully saturated rings. The number of carbonyl (C=O) groups excluding carboxylic acids is 1. The third-order valence-electron chi connectivity index (χ3n) is 3.52. The van der Waals surface area contributed by atoms with Gasteiger partial charge in [0, 0.05) is 0 Å². The van der Waals surface area contributed by atoms with Crippen molar-refractivity contribution < 1.29 is 14.3 Å². The summed E-state index contributed by atoms with van der Waals surface area (Å²) >= 11 is 0. The topological polar surface area (TPSA) is 74.5 Å². The number of carbonyl (C=O) groups is 1. The van der Waals surface area contributed by atoms with Crippen molar-refractivity contribution in [2.24, 2.45) is 0 Å². The predicted octanol–water partition coefficient (Wildman–Crippen LogP) is 2.86. The number of rotatable bonds is 5. The Bertz CT molecular complexity index is 620. The standard InChI is InChI=1S/C17H22N2O3/c1-12-9-10-15(22-12)13(2)19-16(20)18-11-17(3,21)14-7-5-4-6-8-14/h4-10,13,21H,11H2,1-3H3,(H2,18,19,20). The molecule has 2 aromatic rings. The first-order chi connectivity index (χ1) is 10.4. The highest BCUT2D eigenvalue weighted by molar-refractivity contribution is 5.74. The van der Waals surface area contributed by atoms with Gasteiger partial charge in [-0.05, 0) is 38.5 Å². The Morgan fingerprint density at radius 2 is 1.95 bits per heavy atom. The van der Waals surface area contributed by atoms with Crippen LogP contribution in [0.2, 0.25) is 0 Å². The van der Waals surface area contributed by atoms with E-state index in [2.05, 4.69) is 10.6 Å². The summed E-state index contributed by atoms with van der Waals surface area (Å²) in [5, 5.41) is 15.9. The number of urea groups is 1. The third-order valence-corrected chi connectivity index (χ3v) is 3.52.